The Hall–Kier alpha value is -3.01. The molecule has 2 heterocycles. The molecule has 156 valence electrons. The van der Waals surface area contributed by atoms with Crippen molar-refractivity contribution >= 4 is 17.0 Å². The minimum Gasteiger partial charge on any atom is -0.435 e. The SMILES string of the molecule is CC(C)[C@H](c1ccc(OC(F)F)cc1)n1nc(CO)c2c(=O)[nH]c(N(C)C)nc21. The van der Waals surface area contributed by atoms with Crippen LogP contribution in [0.2, 0.25) is 0 Å². The van der Waals surface area contributed by atoms with E-state index in [0.29, 0.717) is 11.6 Å². The van der Waals surface area contributed by atoms with Gasteiger partial charge in [0, 0.05) is 14.1 Å². The van der Waals surface area contributed by atoms with Crippen LogP contribution in [0, 0.1) is 5.92 Å². The van der Waals surface area contributed by atoms with Gasteiger partial charge in [-0.1, -0.05) is 26.0 Å². The van der Waals surface area contributed by atoms with E-state index in [1.54, 1.807) is 35.8 Å². The number of nitrogens with zero attached hydrogens (tertiary/aromatic N) is 4. The van der Waals surface area contributed by atoms with Gasteiger partial charge in [0.15, 0.2) is 5.65 Å². The first kappa shape index (κ1) is 20.7. The van der Waals surface area contributed by atoms with Crippen LogP contribution in [0.25, 0.3) is 11.0 Å². The van der Waals surface area contributed by atoms with E-state index in [1.807, 2.05) is 13.8 Å². The maximum atomic E-state index is 12.6. The molecular weight excluding hydrogens is 384 g/mol. The lowest BCUT2D eigenvalue weighted by molar-refractivity contribution is -0.0498. The van der Waals surface area contributed by atoms with Gasteiger partial charge in [0.1, 0.15) is 16.8 Å². The van der Waals surface area contributed by atoms with Gasteiger partial charge in [0.2, 0.25) is 5.95 Å². The van der Waals surface area contributed by atoms with Gasteiger partial charge < -0.3 is 14.7 Å². The molecule has 10 heteroatoms. The van der Waals surface area contributed by atoms with Gasteiger partial charge in [-0.25, -0.2) is 4.68 Å². The summed E-state index contributed by atoms with van der Waals surface area (Å²) in [4.78, 5) is 21.5. The van der Waals surface area contributed by atoms with Crippen LogP contribution in [-0.4, -0.2) is 45.6 Å². The van der Waals surface area contributed by atoms with Crippen molar-refractivity contribution in [2.75, 3.05) is 19.0 Å². The molecule has 0 aliphatic heterocycles. The first-order valence-corrected chi connectivity index (χ1v) is 9.07. The standard InChI is InChI=1S/C19H23F2N5O3/c1-10(2)15(11-5-7-12(8-6-11)29-18(20)21)26-16-14(13(9-27)24-26)17(28)23-19(22-16)25(3)4/h5-8,10,15,18,27H,9H2,1-4H3,(H,22,23,28)/t15-/m1/s1. The van der Waals surface area contributed by atoms with Crippen LogP contribution in [0.5, 0.6) is 5.75 Å². The number of halogens is 2. The molecule has 8 nitrogen and oxygen atoms in total. The number of aromatic amines is 1. The van der Waals surface area contributed by atoms with Gasteiger partial charge in [-0.05, 0) is 23.6 Å². The molecule has 0 saturated heterocycles. The molecule has 3 aromatic rings. The fraction of sp³-hybridized carbons (Fsp3) is 0.421. The summed E-state index contributed by atoms with van der Waals surface area (Å²) in [6.45, 7) is 0.631. The predicted molar refractivity (Wildman–Crippen MR) is 104 cm³/mol. The summed E-state index contributed by atoms with van der Waals surface area (Å²) in [6, 6.07) is 5.92. The summed E-state index contributed by atoms with van der Waals surface area (Å²) in [5, 5.41) is 14.4. The number of aliphatic hydroxyl groups is 1. The van der Waals surface area contributed by atoms with Crippen molar-refractivity contribution in [1.29, 1.82) is 0 Å². The molecule has 0 saturated carbocycles. The van der Waals surface area contributed by atoms with Gasteiger partial charge >= 0.3 is 6.61 Å². The van der Waals surface area contributed by atoms with Gasteiger partial charge in [-0.2, -0.15) is 18.9 Å². The number of alkyl halides is 2. The third-order valence-corrected chi connectivity index (χ3v) is 4.54. The van der Waals surface area contributed by atoms with Crippen LogP contribution in [0.3, 0.4) is 0 Å². The molecule has 0 bridgehead atoms. The second kappa shape index (κ2) is 8.16. The van der Waals surface area contributed by atoms with E-state index in [1.165, 1.54) is 12.1 Å². The summed E-state index contributed by atoms with van der Waals surface area (Å²) < 4.78 is 30.9. The maximum Gasteiger partial charge on any atom is 0.387 e. The zero-order valence-corrected chi connectivity index (χ0v) is 16.6. The average Bonchev–Trinajstić information content (AvgIpc) is 3.01. The number of ether oxygens (including phenoxy) is 1. The Kier molecular flexibility index (Phi) is 5.83. The third-order valence-electron chi connectivity index (χ3n) is 4.54. The van der Waals surface area contributed by atoms with E-state index >= 15 is 0 Å². The number of H-pyrrole nitrogens is 1. The highest BCUT2D eigenvalue weighted by atomic mass is 19.3. The van der Waals surface area contributed by atoms with Gasteiger partial charge in [-0.3, -0.25) is 9.78 Å². The number of nitrogens with one attached hydrogen (secondary N) is 1. The zero-order valence-electron chi connectivity index (χ0n) is 16.6. The molecule has 0 radical (unpaired) electrons. The molecule has 1 aromatic carbocycles. The Morgan fingerprint density at radius 2 is 1.90 bits per heavy atom. The highest BCUT2D eigenvalue weighted by molar-refractivity contribution is 5.78. The summed E-state index contributed by atoms with van der Waals surface area (Å²) in [5.41, 5.74) is 0.955. The average molecular weight is 407 g/mol. The smallest absolute Gasteiger partial charge is 0.387 e. The van der Waals surface area contributed by atoms with Crippen LogP contribution < -0.4 is 15.2 Å². The van der Waals surface area contributed by atoms with Crippen LogP contribution in [0.15, 0.2) is 29.1 Å². The molecule has 0 aliphatic rings. The number of aromatic nitrogens is 4. The summed E-state index contributed by atoms with van der Waals surface area (Å²) in [6.07, 6.45) is 0. The molecule has 1 atom stereocenters. The minimum absolute atomic E-state index is 0.0235. The Morgan fingerprint density at radius 3 is 2.41 bits per heavy atom. The topological polar surface area (TPSA) is 96.3 Å². The van der Waals surface area contributed by atoms with Crippen LogP contribution in [0.1, 0.15) is 31.1 Å². The molecule has 0 unspecified atom stereocenters. The van der Waals surface area contributed by atoms with E-state index in [2.05, 4.69) is 19.8 Å². The molecule has 29 heavy (non-hydrogen) atoms. The minimum atomic E-state index is -2.90. The van der Waals surface area contributed by atoms with E-state index in [4.69, 9.17) is 0 Å². The van der Waals surface area contributed by atoms with Crippen molar-refractivity contribution < 1.29 is 18.6 Å². The first-order chi connectivity index (χ1) is 13.7. The quantitative estimate of drug-likeness (QED) is 0.625. The van der Waals surface area contributed by atoms with Crippen molar-refractivity contribution in [2.24, 2.45) is 5.92 Å². The van der Waals surface area contributed by atoms with Crippen molar-refractivity contribution in [3.8, 4) is 5.75 Å². The Labute approximate surface area is 165 Å². The van der Waals surface area contributed by atoms with Crippen LogP contribution >= 0.6 is 0 Å². The number of hydrogen-bond donors (Lipinski definition) is 2. The summed E-state index contributed by atoms with van der Waals surface area (Å²) >= 11 is 0. The van der Waals surface area contributed by atoms with Crippen molar-refractivity contribution in [3.63, 3.8) is 0 Å². The molecule has 3 rings (SSSR count). The molecule has 2 N–H and O–H groups in total. The van der Waals surface area contributed by atoms with E-state index in [-0.39, 0.29) is 28.8 Å². The Balaban J connectivity index is 2.18. The van der Waals surface area contributed by atoms with E-state index < -0.39 is 18.8 Å². The lowest BCUT2D eigenvalue weighted by atomic mass is 9.96. The second-order valence-electron chi connectivity index (χ2n) is 7.17. The van der Waals surface area contributed by atoms with Crippen LogP contribution in [-0.2, 0) is 6.61 Å². The largest absolute Gasteiger partial charge is 0.435 e. The lowest BCUT2D eigenvalue weighted by Crippen LogP contribution is -2.22. The monoisotopic (exact) mass is 407 g/mol. The zero-order chi connectivity index (χ0) is 21.3. The third kappa shape index (κ3) is 4.07. The maximum absolute atomic E-state index is 12.6. The Bertz CT molecular complexity index is 1040. The first-order valence-electron chi connectivity index (χ1n) is 9.07. The molecule has 2 aromatic heterocycles. The molecular formula is C19H23F2N5O3. The molecule has 0 spiro atoms. The van der Waals surface area contributed by atoms with Gasteiger partial charge in [0.25, 0.3) is 5.56 Å². The normalized spacial score (nSPS) is 12.7. The van der Waals surface area contributed by atoms with E-state index in [9.17, 15) is 18.7 Å². The van der Waals surface area contributed by atoms with Crippen molar-refractivity contribution in [1.82, 2.24) is 19.7 Å². The predicted octanol–water partition coefficient (Wildman–Crippen LogP) is 2.52. The van der Waals surface area contributed by atoms with Crippen molar-refractivity contribution in [2.45, 2.75) is 33.1 Å². The molecule has 0 aliphatic carbocycles. The lowest BCUT2D eigenvalue weighted by Gasteiger charge is -2.23. The van der Waals surface area contributed by atoms with Gasteiger partial charge in [-0.15, -0.1) is 0 Å². The summed E-state index contributed by atoms with van der Waals surface area (Å²) in [7, 11) is 3.50. The van der Waals surface area contributed by atoms with Crippen molar-refractivity contribution in [3.05, 3.63) is 45.9 Å². The molecule has 0 fully saturated rings. The number of hydrogen-bond acceptors (Lipinski definition) is 6. The Morgan fingerprint density at radius 1 is 1.24 bits per heavy atom. The van der Waals surface area contributed by atoms with Gasteiger partial charge in [0.05, 0.1) is 12.6 Å². The fourth-order valence-corrected chi connectivity index (χ4v) is 3.27. The number of benzene rings is 1. The highest BCUT2D eigenvalue weighted by Gasteiger charge is 2.26. The summed E-state index contributed by atoms with van der Waals surface area (Å²) in [5.74, 6) is 0.434. The fourth-order valence-electron chi connectivity index (χ4n) is 3.27. The second-order valence-corrected chi connectivity index (χ2v) is 7.17. The number of aliphatic hydroxyl groups excluding tert-OH is 1. The number of fused-ring (bicyclic) bond motifs is 1. The van der Waals surface area contributed by atoms with Crippen LogP contribution in [0.4, 0.5) is 14.7 Å². The number of rotatable bonds is 7. The number of anilines is 1. The molecule has 0 amide bonds. The van der Waals surface area contributed by atoms with E-state index in [0.717, 1.165) is 5.56 Å². The highest BCUT2D eigenvalue weighted by Crippen LogP contribution is 2.31.